The lowest BCUT2D eigenvalue weighted by atomic mass is 10.1. The summed E-state index contributed by atoms with van der Waals surface area (Å²) < 4.78 is 11.5. The molecule has 0 amide bonds. The van der Waals surface area contributed by atoms with Gasteiger partial charge in [-0.3, -0.25) is 0 Å². The molecule has 3 aliphatic rings. The van der Waals surface area contributed by atoms with Crippen molar-refractivity contribution in [3.8, 4) is 0 Å². The van der Waals surface area contributed by atoms with Crippen molar-refractivity contribution in [3.63, 3.8) is 0 Å². The van der Waals surface area contributed by atoms with Crippen molar-refractivity contribution in [1.29, 1.82) is 0 Å². The molecular weight excluding hydrogens is 278 g/mol. The number of aliphatic imine (C=N–C) groups is 2. The summed E-state index contributed by atoms with van der Waals surface area (Å²) in [5, 5.41) is 3.42. The minimum absolute atomic E-state index is 0.0341. The third kappa shape index (κ3) is 3.03. The second kappa shape index (κ2) is 6.15. The van der Waals surface area contributed by atoms with Gasteiger partial charge < -0.3 is 14.8 Å². The Hall–Kier alpha value is -1.78. The molecule has 1 N–H and O–H groups in total. The Kier molecular flexibility index (Phi) is 4.23. The standard InChI is InChI=1S/C17H25N3O2/c1-10(2)14-8-21-16(19-14)12-6-5-7-13(18-12)17-20-15(9-22-17)11(3)4/h5-7,10-12,14-15,18H,8-9H2,1-4H3/t12?,14-,15-/m0/s1. The van der Waals surface area contributed by atoms with Crippen LogP contribution in [-0.2, 0) is 9.47 Å². The van der Waals surface area contributed by atoms with Crippen molar-refractivity contribution in [2.75, 3.05) is 13.2 Å². The number of allylic oxidation sites excluding steroid dienone is 2. The quantitative estimate of drug-likeness (QED) is 0.867. The van der Waals surface area contributed by atoms with Gasteiger partial charge >= 0.3 is 0 Å². The van der Waals surface area contributed by atoms with Gasteiger partial charge in [-0.1, -0.05) is 39.8 Å². The lowest BCUT2D eigenvalue weighted by Gasteiger charge is -2.20. The third-order valence-electron chi connectivity index (χ3n) is 4.28. The zero-order valence-electron chi connectivity index (χ0n) is 13.7. The summed E-state index contributed by atoms with van der Waals surface area (Å²) in [7, 11) is 0. The van der Waals surface area contributed by atoms with Crippen molar-refractivity contribution in [3.05, 3.63) is 23.9 Å². The first-order valence-electron chi connectivity index (χ1n) is 8.11. The molecule has 0 aliphatic carbocycles. The normalized spacial score (nSPS) is 30.6. The summed E-state index contributed by atoms with van der Waals surface area (Å²) >= 11 is 0. The van der Waals surface area contributed by atoms with E-state index in [0.29, 0.717) is 30.9 Å². The van der Waals surface area contributed by atoms with E-state index in [9.17, 15) is 0 Å². The highest BCUT2D eigenvalue weighted by atomic mass is 16.5. The second-order valence-corrected chi connectivity index (χ2v) is 6.73. The molecule has 3 aliphatic heterocycles. The van der Waals surface area contributed by atoms with Crippen molar-refractivity contribution in [2.45, 2.75) is 45.8 Å². The van der Waals surface area contributed by atoms with Crippen LogP contribution in [0.15, 0.2) is 33.9 Å². The number of dihydropyridines is 1. The topological polar surface area (TPSA) is 55.2 Å². The monoisotopic (exact) mass is 303 g/mol. The summed E-state index contributed by atoms with van der Waals surface area (Å²) in [6.07, 6.45) is 6.06. The Bertz CT molecular complexity index is 546. The molecular formula is C17H25N3O2. The van der Waals surface area contributed by atoms with Crippen LogP contribution in [0.5, 0.6) is 0 Å². The predicted octanol–water partition coefficient (Wildman–Crippen LogP) is 2.30. The maximum Gasteiger partial charge on any atom is 0.233 e. The first-order valence-corrected chi connectivity index (χ1v) is 8.11. The molecule has 22 heavy (non-hydrogen) atoms. The largest absolute Gasteiger partial charge is 0.477 e. The Morgan fingerprint density at radius 1 is 1.05 bits per heavy atom. The highest BCUT2D eigenvalue weighted by Crippen LogP contribution is 2.20. The highest BCUT2D eigenvalue weighted by molar-refractivity contribution is 5.96. The van der Waals surface area contributed by atoms with Crippen LogP contribution in [0.25, 0.3) is 0 Å². The SMILES string of the molecule is CC(C)[C@@H]1COC(C2=CC=CC(C3=N[C@H](C(C)C)CO3)N2)=N1. The van der Waals surface area contributed by atoms with Crippen molar-refractivity contribution in [1.82, 2.24) is 5.32 Å². The maximum atomic E-state index is 5.77. The first-order chi connectivity index (χ1) is 10.5. The van der Waals surface area contributed by atoms with E-state index < -0.39 is 0 Å². The molecule has 0 saturated heterocycles. The van der Waals surface area contributed by atoms with Crippen LogP contribution in [0, 0.1) is 11.8 Å². The smallest absolute Gasteiger partial charge is 0.233 e. The van der Waals surface area contributed by atoms with E-state index in [1.54, 1.807) is 0 Å². The lowest BCUT2D eigenvalue weighted by molar-refractivity contribution is 0.281. The van der Waals surface area contributed by atoms with E-state index in [1.165, 1.54) is 0 Å². The Morgan fingerprint density at radius 3 is 2.36 bits per heavy atom. The molecule has 0 bridgehead atoms. The van der Waals surface area contributed by atoms with Gasteiger partial charge in [-0.2, -0.15) is 0 Å². The van der Waals surface area contributed by atoms with Crippen LogP contribution in [0.3, 0.4) is 0 Å². The molecule has 0 aromatic carbocycles. The molecule has 120 valence electrons. The molecule has 0 radical (unpaired) electrons. The zero-order chi connectivity index (χ0) is 15.7. The number of hydrogen-bond acceptors (Lipinski definition) is 5. The van der Waals surface area contributed by atoms with Gasteiger partial charge in [0, 0.05) is 0 Å². The Balaban J connectivity index is 1.68. The number of ether oxygens (including phenoxy) is 2. The fourth-order valence-electron chi connectivity index (χ4n) is 2.60. The fraction of sp³-hybridized carbons (Fsp3) is 0.647. The average molecular weight is 303 g/mol. The summed E-state index contributed by atoms with van der Waals surface area (Å²) in [6.45, 7) is 10.0. The maximum absolute atomic E-state index is 5.77. The van der Waals surface area contributed by atoms with E-state index in [2.05, 4.69) is 49.1 Å². The van der Waals surface area contributed by atoms with E-state index in [1.807, 2.05) is 12.2 Å². The van der Waals surface area contributed by atoms with Crippen LogP contribution in [-0.4, -0.2) is 43.1 Å². The van der Waals surface area contributed by atoms with E-state index in [-0.39, 0.29) is 18.1 Å². The van der Waals surface area contributed by atoms with Gasteiger partial charge in [0.2, 0.25) is 11.8 Å². The molecule has 3 heterocycles. The third-order valence-corrected chi connectivity index (χ3v) is 4.28. The van der Waals surface area contributed by atoms with Crippen LogP contribution in [0.4, 0.5) is 0 Å². The minimum atomic E-state index is -0.0341. The van der Waals surface area contributed by atoms with Crippen molar-refractivity contribution in [2.24, 2.45) is 21.8 Å². The average Bonchev–Trinajstić information content (AvgIpc) is 3.17. The van der Waals surface area contributed by atoms with Gasteiger partial charge in [0.1, 0.15) is 19.3 Å². The van der Waals surface area contributed by atoms with Gasteiger partial charge in [0.15, 0.2) is 0 Å². The summed E-state index contributed by atoms with van der Waals surface area (Å²) in [4.78, 5) is 9.35. The molecule has 0 spiro atoms. The molecule has 3 rings (SSSR count). The molecule has 0 aromatic heterocycles. The molecule has 0 saturated carbocycles. The van der Waals surface area contributed by atoms with Crippen molar-refractivity contribution < 1.29 is 9.47 Å². The fourth-order valence-corrected chi connectivity index (χ4v) is 2.60. The van der Waals surface area contributed by atoms with E-state index in [0.717, 1.165) is 11.6 Å². The second-order valence-electron chi connectivity index (χ2n) is 6.73. The van der Waals surface area contributed by atoms with Crippen LogP contribution in [0.2, 0.25) is 0 Å². The highest BCUT2D eigenvalue weighted by Gasteiger charge is 2.30. The summed E-state index contributed by atoms with van der Waals surface area (Å²) in [5.41, 5.74) is 0.912. The Labute approximate surface area is 132 Å². The predicted molar refractivity (Wildman–Crippen MR) is 88.2 cm³/mol. The molecule has 0 fully saturated rings. The number of nitrogens with zero attached hydrogens (tertiary/aromatic N) is 2. The van der Waals surface area contributed by atoms with Crippen LogP contribution >= 0.6 is 0 Å². The zero-order valence-corrected chi connectivity index (χ0v) is 13.7. The molecule has 5 heteroatoms. The molecule has 3 atom stereocenters. The van der Waals surface area contributed by atoms with Gasteiger partial charge in [-0.05, 0) is 17.9 Å². The number of hydrogen-bond donors (Lipinski definition) is 1. The Morgan fingerprint density at radius 2 is 1.73 bits per heavy atom. The number of rotatable bonds is 4. The molecule has 1 unspecified atom stereocenters. The van der Waals surface area contributed by atoms with Gasteiger partial charge in [0.25, 0.3) is 0 Å². The summed E-state index contributed by atoms with van der Waals surface area (Å²) in [5.74, 6) is 2.45. The van der Waals surface area contributed by atoms with Crippen LogP contribution < -0.4 is 5.32 Å². The minimum Gasteiger partial charge on any atom is -0.477 e. The first kappa shape index (κ1) is 15.1. The molecule has 5 nitrogen and oxygen atoms in total. The van der Waals surface area contributed by atoms with E-state index >= 15 is 0 Å². The van der Waals surface area contributed by atoms with Crippen molar-refractivity contribution >= 4 is 11.8 Å². The van der Waals surface area contributed by atoms with E-state index in [4.69, 9.17) is 9.47 Å². The number of nitrogens with one attached hydrogen (secondary N) is 1. The van der Waals surface area contributed by atoms with Gasteiger partial charge in [0.05, 0.1) is 17.8 Å². The lowest BCUT2D eigenvalue weighted by Crippen LogP contribution is -2.38. The summed E-state index contributed by atoms with van der Waals surface area (Å²) in [6, 6.07) is 0.463. The van der Waals surface area contributed by atoms with Gasteiger partial charge in [-0.15, -0.1) is 0 Å². The van der Waals surface area contributed by atoms with Gasteiger partial charge in [-0.25, -0.2) is 9.98 Å². The molecule has 0 aromatic rings. The van der Waals surface area contributed by atoms with Crippen LogP contribution in [0.1, 0.15) is 27.7 Å².